The molecule has 1 saturated heterocycles. The lowest BCUT2D eigenvalue weighted by atomic mass is 9.70. The first-order chi connectivity index (χ1) is 10.1. The van der Waals surface area contributed by atoms with Gasteiger partial charge in [0.15, 0.2) is 5.76 Å². The Morgan fingerprint density at radius 1 is 1.52 bits per heavy atom. The van der Waals surface area contributed by atoms with E-state index in [4.69, 9.17) is 10.2 Å². The number of amides is 1. The van der Waals surface area contributed by atoms with E-state index in [0.29, 0.717) is 30.5 Å². The molecule has 0 bridgehead atoms. The molecule has 110 valence electrons. The van der Waals surface area contributed by atoms with Crippen molar-refractivity contribution >= 4 is 5.91 Å². The molecule has 3 heterocycles. The van der Waals surface area contributed by atoms with E-state index >= 15 is 0 Å². The average molecular weight is 287 g/mol. The second-order valence-electron chi connectivity index (χ2n) is 6.02. The first kappa shape index (κ1) is 12.6. The van der Waals surface area contributed by atoms with Gasteiger partial charge < -0.3 is 15.1 Å². The van der Waals surface area contributed by atoms with Gasteiger partial charge in [-0.3, -0.25) is 4.79 Å². The third-order valence-corrected chi connectivity index (χ3v) is 4.65. The number of nitrogens with two attached hydrogens (primary N) is 1. The molecule has 1 saturated carbocycles. The predicted octanol–water partition coefficient (Wildman–Crippen LogP) is 0.483. The van der Waals surface area contributed by atoms with Crippen molar-refractivity contribution in [1.82, 2.24) is 19.9 Å². The van der Waals surface area contributed by atoms with Gasteiger partial charge in [0.25, 0.3) is 5.91 Å². The van der Waals surface area contributed by atoms with Crippen molar-refractivity contribution in [3.8, 4) is 0 Å². The smallest absolute Gasteiger partial charge is 0.289 e. The van der Waals surface area contributed by atoms with Crippen molar-refractivity contribution in [1.29, 1.82) is 0 Å². The van der Waals surface area contributed by atoms with Crippen molar-refractivity contribution in [2.24, 2.45) is 11.7 Å². The zero-order chi connectivity index (χ0) is 14.4. The van der Waals surface area contributed by atoms with Crippen LogP contribution in [0.3, 0.4) is 0 Å². The Labute approximate surface area is 121 Å². The summed E-state index contributed by atoms with van der Waals surface area (Å²) in [6, 6.07) is 3.52. The second kappa shape index (κ2) is 4.42. The van der Waals surface area contributed by atoms with E-state index in [2.05, 4.69) is 10.3 Å². The SMILES string of the molecule is N[C@]12CC[C@H]1CN(C(=O)c1ccc(Cn3ccnn3)o1)C2. The second-order valence-corrected chi connectivity index (χ2v) is 6.02. The summed E-state index contributed by atoms with van der Waals surface area (Å²) in [5.74, 6) is 1.44. The largest absolute Gasteiger partial charge is 0.454 e. The summed E-state index contributed by atoms with van der Waals surface area (Å²) >= 11 is 0. The summed E-state index contributed by atoms with van der Waals surface area (Å²) in [5, 5.41) is 7.61. The minimum atomic E-state index is -0.161. The third kappa shape index (κ3) is 2.04. The number of furan rings is 1. The Hall–Kier alpha value is -2.15. The number of carbonyl (C=O) groups excluding carboxylic acids is 1. The summed E-state index contributed by atoms with van der Waals surface area (Å²) in [4.78, 5) is 14.3. The van der Waals surface area contributed by atoms with E-state index in [0.717, 1.165) is 19.4 Å². The van der Waals surface area contributed by atoms with Crippen LogP contribution in [-0.4, -0.2) is 44.4 Å². The van der Waals surface area contributed by atoms with Crippen molar-refractivity contribution in [2.45, 2.75) is 24.9 Å². The summed E-state index contributed by atoms with van der Waals surface area (Å²) in [6.07, 6.45) is 5.49. The Bertz CT molecular complexity index is 665. The molecule has 2 aromatic heterocycles. The van der Waals surface area contributed by atoms with Gasteiger partial charge in [0.2, 0.25) is 0 Å². The van der Waals surface area contributed by atoms with Crippen LogP contribution in [-0.2, 0) is 6.54 Å². The van der Waals surface area contributed by atoms with E-state index in [1.54, 1.807) is 29.2 Å². The first-order valence-corrected chi connectivity index (χ1v) is 7.15. The highest BCUT2D eigenvalue weighted by molar-refractivity contribution is 5.92. The lowest BCUT2D eigenvalue weighted by molar-refractivity contribution is 0.0751. The molecule has 7 heteroatoms. The Morgan fingerprint density at radius 2 is 2.43 bits per heavy atom. The first-order valence-electron chi connectivity index (χ1n) is 7.15. The molecule has 0 spiro atoms. The van der Waals surface area contributed by atoms with Gasteiger partial charge in [-0.2, -0.15) is 0 Å². The quantitative estimate of drug-likeness (QED) is 0.887. The number of likely N-dealkylation sites (tertiary alicyclic amines) is 1. The van der Waals surface area contributed by atoms with Gasteiger partial charge in [0, 0.05) is 24.8 Å². The summed E-state index contributed by atoms with van der Waals surface area (Å²) in [7, 11) is 0. The fraction of sp³-hybridized carbons (Fsp3) is 0.500. The molecule has 1 aliphatic heterocycles. The van der Waals surface area contributed by atoms with Gasteiger partial charge in [0.1, 0.15) is 12.3 Å². The van der Waals surface area contributed by atoms with Gasteiger partial charge in [-0.1, -0.05) is 5.21 Å². The van der Waals surface area contributed by atoms with E-state index in [9.17, 15) is 4.79 Å². The van der Waals surface area contributed by atoms with E-state index in [1.807, 2.05) is 4.90 Å². The summed E-state index contributed by atoms with van der Waals surface area (Å²) in [5.41, 5.74) is 6.11. The number of nitrogens with zero attached hydrogens (tertiary/aromatic N) is 4. The van der Waals surface area contributed by atoms with Crippen LogP contribution in [0.25, 0.3) is 0 Å². The maximum Gasteiger partial charge on any atom is 0.289 e. The number of fused-ring (bicyclic) bond motifs is 1. The van der Waals surface area contributed by atoms with Gasteiger partial charge >= 0.3 is 0 Å². The van der Waals surface area contributed by atoms with E-state index < -0.39 is 0 Å². The molecule has 2 aliphatic rings. The normalized spacial score (nSPS) is 27.5. The van der Waals surface area contributed by atoms with Crippen molar-refractivity contribution in [2.75, 3.05) is 13.1 Å². The number of carbonyl (C=O) groups is 1. The topological polar surface area (TPSA) is 90.2 Å². The standard InChI is InChI=1S/C14H17N5O2/c15-14-4-3-10(14)7-18(9-14)13(20)12-2-1-11(21-12)8-19-6-5-16-17-19/h1-2,5-6,10H,3-4,7-9,15H2/t10-,14-/m0/s1. The molecule has 4 rings (SSSR count). The molecule has 2 fully saturated rings. The molecule has 2 aromatic rings. The molecule has 21 heavy (non-hydrogen) atoms. The van der Waals surface area contributed by atoms with Crippen LogP contribution >= 0.6 is 0 Å². The van der Waals surface area contributed by atoms with Crippen molar-refractivity contribution < 1.29 is 9.21 Å². The van der Waals surface area contributed by atoms with Gasteiger partial charge in [-0.25, -0.2) is 4.68 Å². The number of hydrogen-bond donors (Lipinski definition) is 1. The van der Waals surface area contributed by atoms with Gasteiger partial charge in [-0.15, -0.1) is 5.10 Å². The zero-order valence-electron chi connectivity index (χ0n) is 11.6. The molecule has 0 unspecified atom stereocenters. The number of rotatable bonds is 3. The average Bonchev–Trinajstić information content (AvgIpc) is 3.16. The maximum atomic E-state index is 12.5. The summed E-state index contributed by atoms with van der Waals surface area (Å²) in [6.45, 7) is 1.85. The Kier molecular flexibility index (Phi) is 2.65. The Balaban J connectivity index is 1.47. The molecule has 1 aliphatic carbocycles. The fourth-order valence-electron chi connectivity index (χ4n) is 3.25. The zero-order valence-corrected chi connectivity index (χ0v) is 11.6. The van der Waals surface area contributed by atoms with Gasteiger partial charge in [0.05, 0.1) is 6.20 Å². The van der Waals surface area contributed by atoms with Crippen molar-refractivity contribution in [3.05, 3.63) is 36.0 Å². The molecule has 2 atom stereocenters. The van der Waals surface area contributed by atoms with Crippen LogP contribution in [0, 0.1) is 5.92 Å². The van der Waals surface area contributed by atoms with Crippen LogP contribution in [0.4, 0.5) is 0 Å². The van der Waals surface area contributed by atoms with Crippen LogP contribution in [0.15, 0.2) is 28.9 Å². The molecule has 0 aromatic carbocycles. The molecule has 7 nitrogen and oxygen atoms in total. The minimum Gasteiger partial charge on any atom is -0.454 e. The Morgan fingerprint density at radius 3 is 3.05 bits per heavy atom. The molecular formula is C14H17N5O2. The monoisotopic (exact) mass is 287 g/mol. The van der Waals surface area contributed by atoms with E-state index in [1.165, 1.54) is 0 Å². The van der Waals surface area contributed by atoms with Gasteiger partial charge in [-0.05, 0) is 30.9 Å². The maximum absolute atomic E-state index is 12.5. The summed E-state index contributed by atoms with van der Waals surface area (Å²) < 4.78 is 7.29. The van der Waals surface area contributed by atoms with Crippen LogP contribution < -0.4 is 5.73 Å². The number of aromatic nitrogens is 3. The number of hydrogen-bond acceptors (Lipinski definition) is 5. The fourth-order valence-corrected chi connectivity index (χ4v) is 3.25. The lowest BCUT2D eigenvalue weighted by Gasteiger charge is -2.39. The predicted molar refractivity (Wildman–Crippen MR) is 73.4 cm³/mol. The van der Waals surface area contributed by atoms with Crippen molar-refractivity contribution in [3.63, 3.8) is 0 Å². The molecule has 2 N–H and O–H groups in total. The lowest BCUT2D eigenvalue weighted by Crippen LogP contribution is -2.54. The molecular weight excluding hydrogens is 270 g/mol. The molecule has 1 amide bonds. The van der Waals surface area contributed by atoms with Crippen LogP contribution in [0.5, 0.6) is 0 Å². The highest BCUT2D eigenvalue weighted by Crippen LogP contribution is 2.42. The third-order valence-electron chi connectivity index (χ3n) is 4.65. The van der Waals surface area contributed by atoms with Crippen LogP contribution in [0.2, 0.25) is 0 Å². The van der Waals surface area contributed by atoms with Crippen LogP contribution in [0.1, 0.15) is 29.2 Å². The minimum absolute atomic E-state index is 0.0703. The van der Waals surface area contributed by atoms with E-state index in [-0.39, 0.29) is 11.4 Å². The molecule has 0 radical (unpaired) electrons. The highest BCUT2D eigenvalue weighted by atomic mass is 16.4. The highest BCUT2D eigenvalue weighted by Gasteiger charge is 2.51.